The Morgan fingerprint density at radius 2 is 1.35 bits per heavy atom. The van der Waals surface area contributed by atoms with Gasteiger partial charge in [0.25, 0.3) is 0 Å². The van der Waals surface area contributed by atoms with Gasteiger partial charge in [-0.3, -0.25) is 4.98 Å². The third-order valence-electron chi connectivity index (χ3n) is 7.87. The molecule has 1 fully saturated rings. The van der Waals surface area contributed by atoms with Gasteiger partial charge in [-0.25, -0.2) is 0 Å². The monoisotopic (exact) mass is 345 g/mol. The molecule has 0 N–H and O–H groups in total. The van der Waals surface area contributed by atoms with Gasteiger partial charge in [0.2, 0.25) is 0 Å². The molecule has 2 aromatic rings. The number of hydrogen-bond acceptors (Lipinski definition) is 1. The number of aromatic nitrogens is 1. The lowest BCUT2D eigenvalue weighted by molar-refractivity contribution is 0.403. The highest BCUT2D eigenvalue weighted by atomic mass is 14.7. The van der Waals surface area contributed by atoms with Crippen molar-refractivity contribution >= 4 is 0 Å². The molecule has 0 aliphatic heterocycles. The molecule has 1 heterocycles. The lowest BCUT2D eigenvalue weighted by Crippen LogP contribution is -2.18. The van der Waals surface area contributed by atoms with E-state index in [9.17, 15) is 0 Å². The van der Waals surface area contributed by atoms with Gasteiger partial charge in [0.05, 0.1) is 5.69 Å². The van der Waals surface area contributed by atoms with E-state index >= 15 is 0 Å². The molecular weight excluding hydrogens is 314 g/mol. The molecular formula is C25H31N. The van der Waals surface area contributed by atoms with Gasteiger partial charge in [0.15, 0.2) is 0 Å². The first kappa shape index (κ1) is 16.5. The van der Waals surface area contributed by atoms with E-state index in [0.717, 1.165) is 5.69 Å². The average molecular weight is 346 g/mol. The highest BCUT2D eigenvalue weighted by Crippen LogP contribution is 2.60. The summed E-state index contributed by atoms with van der Waals surface area (Å²) < 4.78 is 0. The Balaban J connectivity index is 1.64. The Labute approximate surface area is 158 Å². The number of hydrogen-bond donors (Lipinski definition) is 0. The molecule has 2 unspecified atom stereocenters. The van der Waals surface area contributed by atoms with Crippen molar-refractivity contribution < 1.29 is 0 Å². The first-order valence-electron chi connectivity index (χ1n) is 10.2. The standard InChI is InChI=1S/C25H31N/c1-22(2)14-23(3,4)20-13-26-21(12-18(20)22)16-7-8-17-19(11-16)25(6)10-9-24(17,5)15-25/h7-8,11-13H,9-10,14-15H2,1-6H3. The van der Waals surface area contributed by atoms with Crippen LogP contribution < -0.4 is 0 Å². The molecule has 0 saturated heterocycles. The van der Waals surface area contributed by atoms with Gasteiger partial charge in [-0.2, -0.15) is 0 Å². The molecule has 1 aromatic carbocycles. The minimum absolute atomic E-state index is 0.226. The summed E-state index contributed by atoms with van der Waals surface area (Å²) in [5.74, 6) is 0. The van der Waals surface area contributed by atoms with Gasteiger partial charge >= 0.3 is 0 Å². The van der Waals surface area contributed by atoms with Crippen LogP contribution in [0.2, 0.25) is 0 Å². The Kier molecular flexibility index (Phi) is 2.93. The molecule has 0 radical (unpaired) electrons. The molecule has 0 amide bonds. The molecule has 1 nitrogen and oxygen atoms in total. The SMILES string of the molecule is CC1(C)CC(C)(C)c2cc(-c3ccc4c(c3)C3(C)CCC4(C)C3)ncc21. The molecule has 3 aliphatic carbocycles. The third-order valence-corrected chi connectivity index (χ3v) is 7.87. The maximum absolute atomic E-state index is 4.91. The summed E-state index contributed by atoms with van der Waals surface area (Å²) in [5.41, 5.74) is 9.79. The van der Waals surface area contributed by atoms with Gasteiger partial charge in [0.1, 0.15) is 0 Å². The molecule has 3 aliphatic rings. The van der Waals surface area contributed by atoms with Crippen LogP contribution in [-0.2, 0) is 21.7 Å². The Hall–Kier alpha value is -1.63. The van der Waals surface area contributed by atoms with Crippen LogP contribution in [-0.4, -0.2) is 4.98 Å². The summed E-state index contributed by atoms with van der Waals surface area (Å²) in [4.78, 5) is 4.91. The fraction of sp³-hybridized carbons (Fsp3) is 0.560. The smallest absolute Gasteiger partial charge is 0.0705 e. The van der Waals surface area contributed by atoms with Gasteiger partial charge in [-0.1, -0.05) is 53.7 Å². The first-order chi connectivity index (χ1) is 12.0. The van der Waals surface area contributed by atoms with E-state index in [0.29, 0.717) is 10.8 Å². The van der Waals surface area contributed by atoms with E-state index in [1.807, 2.05) is 0 Å². The van der Waals surface area contributed by atoms with E-state index in [-0.39, 0.29) is 10.8 Å². The summed E-state index contributed by atoms with van der Waals surface area (Å²) in [6.45, 7) is 14.4. The Morgan fingerprint density at radius 1 is 0.692 bits per heavy atom. The number of pyridine rings is 1. The zero-order valence-electron chi connectivity index (χ0n) is 17.2. The zero-order chi connectivity index (χ0) is 18.5. The van der Waals surface area contributed by atoms with Crippen molar-refractivity contribution in [3.63, 3.8) is 0 Å². The predicted molar refractivity (Wildman–Crippen MR) is 109 cm³/mol. The highest BCUT2D eigenvalue weighted by Gasteiger charge is 2.52. The van der Waals surface area contributed by atoms with E-state index in [1.54, 1.807) is 11.1 Å². The van der Waals surface area contributed by atoms with Crippen LogP contribution in [0.4, 0.5) is 0 Å². The van der Waals surface area contributed by atoms with Gasteiger partial charge < -0.3 is 0 Å². The lowest BCUT2D eigenvalue weighted by atomic mass is 9.77. The van der Waals surface area contributed by atoms with Crippen molar-refractivity contribution in [1.82, 2.24) is 4.98 Å². The first-order valence-corrected chi connectivity index (χ1v) is 10.2. The number of rotatable bonds is 1. The van der Waals surface area contributed by atoms with Crippen LogP contribution in [0.3, 0.4) is 0 Å². The molecule has 0 spiro atoms. The van der Waals surface area contributed by atoms with Crippen molar-refractivity contribution in [2.75, 3.05) is 0 Å². The fourth-order valence-electron chi connectivity index (χ4n) is 6.79. The summed E-state index contributed by atoms with van der Waals surface area (Å²) >= 11 is 0. The van der Waals surface area contributed by atoms with E-state index in [2.05, 4.69) is 72.0 Å². The molecule has 1 heteroatoms. The van der Waals surface area contributed by atoms with Crippen LogP contribution in [0.5, 0.6) is 0 Å². The van der Waals surface area contributed by atoms with Gasteiger partial charge in [-0.05, 0) is 81.7 Å². The highest BCUT2D eigenvalue weighted by molar-refractivity contribution is 5.66. The molecule has 136 valence electrons. The van der Waals surface area contributed by atoms with E-state index in [1.165, 1.54) is 42.4 Å². The summed E-state index contributed by atoms with van der Waals surface area (Å²) in [6.07, 6.45) is 7.34. The van der Waals surface area contributed by atoms with E-state index in [4.69, 9.17) is 4.98 Å². The minimum atomic E-state index is 0.226. The number of nitrogens with zero attached hydrogens (tertiary/aromatic N) is 1. The maximum Gasteiger partial charge on any atom is 0.0705 e. The van der Waals surface area contributed by atoms with Gasteiger partial charge in [-0.15, -0.1) is 0 Å². The lowest BCUT2D eigenvalue weighted by Gasteiger charge is -2.27. The zero-order valence-corrected chi connectivity index (χ0v) is 17.2. The number of fused-ring (bicyclic) bond motifs is 6. The predicted octanol–water partition coefficient (Wildman–Crippen LogP) is 6.42. The molecule has 2 atom stereocenters. The third kappa shape index (κ3) is 2.01. The topological polar surface area (TPSA) is 12.9 Å². The molecule has 1 aromatic heterocycles. The second-order valence-electron chi connectivity index (χ2n) is 11.1. The molecule has 26 heavy (non-hydrogen) atoms. The van der Waals surface area contributed by atoms with Crippen LogP contribution in [0.1, 0.15) is 89.5 Å². The Morgan fingerprint density at radius 3 is 2.08 bits per heavy atom. The van der Waals surface area contributed by atoms with Gasteiger partial charge in [0, 0.05) is 11.8 Å². The number of benzene rings is 1. The van der Waals surface area contributed by atoms with E-state index < -0.39 is 0 Å². The minimum Gasteiger partial charge on any atom is -0.256 e. The van der Waals surface area contributed by atoms with Crippen molar-refractivity contribution in [2.24, 2.45) is 0 Å². The Bertz CT molecular complexity index is 898. The van der Waals surface area contributed by atoms with Crippen molar-refractivity contribution in [1.29, 1.82) is 0 Å². The average Bonchev–Trinajstić information content (AvgIpc) is 3.07. The summed E-state index contributed by atoms with van der Waals surface area (Å²) in [7, 11) is 0. The van der Waals surface area contributed by atoms with Crippen molar-refractivity contribution in [3.8, 4) is 11.3 Å². The largest absolute Gasteiger partial charge is 0.256 e. The molecule has 2 bridgehead atoms. The quantitative estimate of drug-likeness (QED) is 0.581. The van der Waals surface area contributed by atoms with Crippen LogP contribution in [0.15, 0.2) is 30.5 Å². The van der Waals surface area contributed by atoms with Crippen LogP contribution in [0.25, 0.3) is 11.3 Å². The fourth-order valence-corrected chi connectivity index (χ4v) is 6.79. The summed E-state index contributed by atoms with van der Waals surface area (Å²) in [5, 5.41) is 0. The maximum atomic E-state index is 4.91. The van der Waals surface area contributed by atoms with Crippen LogP contribution >= 0.6 is 0 Å². The molecule has 1 saturated carbocycles. The second kappa shape index (κ2) is 4.61. The summed E-state index contributed by atoms with van der Waals surface area (Å²) in [6, 6.07) is 9.56. The molecule has 5 rings (SSSR count). The van der Waals surface area contributed by atoms with Crippen LogP contribution in [0, 0.1) is 0 Å². The normalized spacial score (nSPS) is 32.5. The van der Waals surface area contributed by atoms with Crippen molar-refractivity contribution in [2.45, 2.75) is 88.9 Å². The van der Waals surface area contributed by atoms with Crippen molar-refractivity contribution in [3.05, 3.63) is 52.7 Å². The second-order valence-corrected chi connectivity index (χ2v) is 11.1.